The van der Waals surface area contributed by atoms with Crippen LogP contribution < -0.4 is 17.0 Å². The van der Waals surface area contributed by atoms with Crippen molar-refractivity contribution in [2.45, 2.75) is 71.8 Å². The average molecular weight is 714 g/mol. The van der Waals surface area contributed by atoms with E-state index in [2.05, 4.69) is 15.2 Å². The first kappa shape index (κ1) is 37.7. The molecule has 13 nitrogen and oxygen atoms in total. The number of methoxy groups -OCH3 is 1. The number of halogens is 2. The Morgan fingerprint density at radius 1 is 0.880 bits per heavy atom. The number of nitrogens with one attached hydrogen (secondary N) is 1. The Labute approximate surface area is 287 Å². The Kier molecular flexibility index (Phi) is 11.1. The van der Waals surface area contributed by atoms with Crippen molar-refractivity contribution in [2.75, 3.05) is 19.1 Å². The molecule has 3 aromatic heterocycles. The molecule has 2 atom stereocenters. The van der Waals surface area contributed by atoms with Gasteiger partial charge in [0.1, 0.15) is 18.2 Å². The summed E-state index contributed by atoms with van der Waals surface area (Å²) in [5.41, 5.74) is 7.96. The van der Waals surface area contributed by atoms with E-state index < -0.39 is 45.3 Å². The number of aromatic amines is 1. The summed E-state index contributed by atoms with van der Waals surface area (Å²) in [4.78, 5) is 39.3. The van der Waals surface area contributed by atoms with Crippen molar-refractivity contribution in [3.05, 3.63) is 86.3 Å². The Morgan fingerprint density at radius 3 is 1.84 bits per heavy atom. The molecule has 0 saturated carbocycles. The average Bonchev–Trinajstić information content (AvgIpc) is 3.73. The highest BCUT2D eigenvalue weighted by Gasteiger charge is 2.22. The molecule has 0 saturated heterocycles. The summed E-state index contributed by atoms with van der Waals surface area (Å²) in [5.74, 6) is -1.29. The molecule has 0 bridgehead atoms. The second-order valence-corrected chi connectivity index (χ2v) is 14.6. The predicted octanol–water partition coefficient (Wildman–Crippen LogP) is 5.70. The van der Waals surface area contributed by atoms with Crippen molar-refractivity contribution in [3.8, 4) is 22.5 Å². The van der Waals surface area contributed by atoms with Crippen molar-refractivity contribution in [1.82, 2.24) is 29.1 Å². The zero-order chi connectivity index (χ0) is 37.2. The van der Waals surface area contributed by atoms with E-state index in [4.69, 9.17) is 10.5 Å². The van der Waals surface area contributed by atoms with Gasteiger partial charge in [0, 0.05) is 47.5 Å². The number of anilines is 1. The maximum atomic E-state index is 14.4. The van der Waals surface area contributed by atoms with Gasteiger partial charge < -0.3 is 15.5 Å². The van der Waals surface area contributed by atoms with E-state index in [-0.39, 0.29) is 34.2 Å². The summed E-state index contributed by atoms with van der Waals surface area (Å²) in [5, 5.41) is 8.60. The van der Waals surface area contributed by atoms with E-state index >= 15 is 0 Å². The van der Waals surface area contributed by atoms with Crippen LogP contribution in [0.1, 0.15) is 87.5 Å². The third-order valence-electron chi connectivity index (χ3n) is 7.87. The van der Waals surface area contributed by atoms with E-state index in [1.165, 1.54) is 39.2 Å². The van der Waals surface area contributed by atoms with Crippen LogP contribution in [0.15, 0.2) is 58.4 Å². The number of alkyl halides is 2. The van der Waals surface area contributed by atoms with Crippen LogP contribution in [0.3, 0.4) is 0 Å². The molecule has 5 rings (SSSR count). The van der Waals surface area contributed by atoms with Crippen molar-refractivity contribution < 1.29 is 26.7 Å². The van der Waals surface area contributed by atoms with Gasteiger partial charge in [0.2, 0.25) is 0 Å². The van der Waals surface area contributed by atoms with Crippen molar-refractivity contribution in [3.63, 3.8) is 0 Å². The zero-order valence-corrected chi connectivity index (χ0v) is 29.9. The number of carbonyl (C=O) groups is 1. The Morgan fingerprint density at radius 2 is 1.38 bits per heavy atom. The van der Waals surface area contributed by atoms with E-state index in [1.807, 2.05) is 27.7 Å². The van der Waals surface area contributed by atoms with Gasteiger partial charge in [-0.25, -0.2) is 31.4 Å². The van der Waals surface area contributed by atoms with Gasteiger partial charge in [-0.1, -0.05) is 0 Å². The van der Waals surface area contributed by atoms with Crippen LogP contribution in [0.2, 0.25) is 0 Å². The lowest BCUT2D eigenvalue weighted by molar-refractivity contribution is 0.0602. The van der Waals surface area contributed by atoms with Crippen LogP contribution in [0, 0.1) is 0 Å². The molecular weight excluding hydrogens is 672 g/mol. The first-order valence-electron chi connectivity index (χ1n) is 15.7. The number of esters is 1. The monoisotopic (exact) mass is 713 g/mol. The topological polar surface area (TPSA) is 177 Å². The van der Waals surface area contributed by atoms with E-state index in [1.54, 1.807) is 40.0 Å². The molecule has 3 heterocycles. The number of aromatic nitrogens is 6. The van der Waals surface area contributed by atoms with Gasteiger partial charge in [-0.05, 0) is 89.1 Å². The van der Waals surface area contributed by atoms with Crippen LogP contribution in [0.5, 0.6) is 0 Å². The number of nitrogen functional groups attached to an aromatic ring is 1. The molecule has 0 fully saturated rings. The van der Waals surface area contributed by atoms with Crippen molar-refractivity contribution in [1.29, 1.82) is 0 Å². The summed E-state index contributed by atoms with van der Waals surface area (Å²) >= 11 is 0. The van der Waals surface area contributed by atoms with Crippen molar-refractivity contribution >= 4 is 32.4 Å². The number of rotatable bonds is 9. The summed E-state index contributed by atoms with van der Waals surface area (Å²) < 4.78 is 60.4. The van der Waals surface area contributed by atoms with Gasteiger partial charge >= 0.3 is 11.7 Å². The van der Waals surface area contributed by atoms with Crippen LogP contribution in [0.4, 0.5) is 14.5 Å². The minimum Gasteiger partial charge on any atom is -0.465 e. The molecule has 0 amide bonds. The highest BCUT2D eigenvalue weighted by Crippen LogP contribution is 2.35. The molecular formula is C34H41F2N7O6S. The molecule has 50 heavy (non-hydrogen) atoms. The highest BCUT2D eigenvalue weighted by atomic mass is 32.2. The molecule has 0 aliphatic rings. The van der Waals surface area contributed by atoms with Gasteiger partial charge in [-0.3, -0.25) is 14.2 Å². The molecule has 16 heteroatoms. The number of nitrogens with zero attached hydrogens (tertiary/aromatic N) is 5. The number of sulfone groups is 1. The number of benzene rings is 2. The lowest BCUT2D eigenvalue weighted by Crippen LogP contribution is -2.37. The van der Waals surface area contributed by atoms with Crippen LogP contribution in [0.25, 0.3) is 33.4 Å². The Bertz CT molecular complexity index is 2270. The Hall–Kier alpha value is -5.12. The Balaban J connectivity index is 0.000000232. The van der Waals surface area contributed by atoms with Gasteiger partial charge in [-0.2, -0.15) is 10.2 Å². The van der Waals surface area contributed by atoms with Crippen LogP contribution >= 0.6 is 0 Å². The molecule has 0 spiro atoms. The molecule has 2 aromatic carbocycles. The minimum atomic E-state index is -3.61. The minimum absolute atomic E-state index is 0.000867. The number of H-pyrrole nitrogens is 1. The quantitative estimate of drug-likeness (QED) is 0.143. The second-order valence-electron chi connectivity index (χ2n) is 12.5. The molecule has 2 unspecified atom stereocenters. The normalized spacial score (nSPS) is 13.0. The smallest absolute Gasteiger partial charge is 0.339 e. The number of hydrogen-bond donors (Lipinski definition) is 2. The number of hydrogen-bond acceptors (Lipinski definition) is 9. The number of fused-ring (bicyclic) bond motifs is 1. The van der Waals surface area contributed by atoms with Gasteiger partial charge in [-0.15, -0.1) is 0 Å². The SMILES string of the molecule is CC(F)c1cc2[nH]c(=O)n(CS(C)(=O)=O)c(=O)c2cc1-c1ccnn1C(C)C.COC(=O)c1cc(-c2ccnn2C(C)C)c(C(C)F)cc1N. The molecule has 3 N–H and O–H groups in total. The summed E-state index contributed by atoms with van der Waals surface area (Å²) in [6, 6.07) is 9.57. The number of ether oxygens (including phenoxy) is 1. The number of carbonyl (C=O) groups excluding carboxylic acids is 1. The summed E-state index contributed by atoms with van der Waals surface area (Å²) in [6.07, 6.45) is 1.58. The largest absolute Gasteiger partial charge is 0.465 e. The highest BCUT2D eigenvalue weighted by molar-refractivity contribution is 7.89. The molecule has 268 valence electrons. The molecule has 5 aromatic rings. The van der Waals surface area contributed by atoms with Crippen LogP contribution in [-0.2, 0) is 20.5 Å². The molecule has 0 radical (unpaired) electrons. The van der Waals surface area contributed by atoms with E-state index in [0.29, 0.717) is 32.5 Å². The third-order valence-corrected chi connectivity index (χ3v) is 8.60. The van der Waals surface area contributed by atoms with Crippen molar-refractivity contribution in [2.24, 2.45) is 0 Å². The maximum absolute atomic E-state index is 14.4. The van der Waals surface area contributed by atoms with Gasteiger partial charge in [0.05, 0.1) is 35.0 Å². The van der Waals surface area contributed by atoms with E-state index in [9.17, 15) is 31.6 Å². The fourth-order valence-corrected chi connectivity index (χ4v) is 6.27. The maximum Gasteiger partial charge on any atom is 0.339 e. The van der Waals surface area contributed by atoms with Crippen LogP contribution in [-0.4, -0.2) is 56.9 Å². The number of nitrogens with two attached hydrogens (primary N) is 1. The van der Waals surface area contributed by atoms with E-state index in [0.717, 1.165) is 11.9 Å². The molecule has 0 aliphatic heterocycles. The van der Waals surface area contributed by atoms with Gasteiger partial charge in [0.25, 0.3) is 5.56 Å². The summed E-state index contributed by atoms with van der Waals surface area (Å²) in [6.45, 7) is 10.6. The zero-order valence-electron chi connectivity index (χ0n) is 29.1. The lowest BCUT2D eigenvalue weighted by atomic mass is 9.96. The third kappa shape index (κ3) is 7.85. The first-order chi connectivity index (χ1) is 23.4. The lowest BCUT2D eigenvalue weighted by Gasteiger charge is -2.17. The fraction of sp³-hybridized carbons (Fsp3) is 0.382. The van der Waals surface area contributed by atoms with Gasteiger partial charge in [0.15, 0.2) is 9.84 Å². The molecule has 0 aliphatic carbocycles. The standard InChI is InChI=1S/C18H21FN4O4S.C16H20FN3O2/c1-10(2)23-16(5-6-20-23)13-7-14-15(8-12(13)11(3)19)21-18(25)22(17(14)24)9-28(4,26)27;1-9(2)20-15(5-6-19-20)12-7-13(16(21)22-4)14(18)8-11(12)10(3)17/h5-8,10-11H,9H2,1-4H3,(H,21,25);5-10H,18H2,1-4H3. The fourth-order valence-electron chi connectivity index (χ4n) is 5.57. The second kappa shape index (κ2) is 14.8. The first-order valence-corrected chi connectivity index (χ1v) is 17.8. The summed E-state index contributed by atoms with van der Waals surface area (Å²) in [7, 11) is -2.33. The predicted molar refractivity (Wildman–Crippen MR) is 188 cm³/mol.